The molecule has 0 aliphatic carbocycles. The lowest BCUT2D eigenvalue weighted by molar-refractivity contribution is 0.0963. The molecule has 5 nitrogen and oxygen atoms in total. The van der Waals surface area contributed by atoms with Crippen LogP contribution in [-0.2, 0) is 6.54 Å². The van der Waals surface area contributed by atoms with Crippen molar-refractivity contribution in [1.82, 2.24) is 15.3 Å². The Morgan fingerprint density at radius 3 is 2.96 bits per heavy atom. The molecule has 0 atom stereocenters. The molecule has 0 fully saturated rings. The fraction of sp³-hybridized carbons (Fsp3) is 0.188. The molecule has 3 rings (SSSR count). The molecule has 0 unspecified atom stereocenters. The number of thiazole rings is 1. The number of carbonyl (C=O) groups excluding carboxylic acids is 1. The zero-order chi connectivity index (χ0) is 16.2. The van der Waals surface area contributed by atoms with Crippen LogP contribution in [0.2, 0.25) is 0 Å². The molecular formula is C16H16N4OS2. The molecule has 0 saturated heterocycles. The molecule has 23 heavy (non-hydrogen) atoms. The molecule has 0 spiro atoms. The van der Waals surface area contributed by atoms with Gasteiger partial charge in [-0.2, -0.15) is 0 Å². The van der Waals surface area contributed by atoms with E-state index in [1.165, 1.54) is 4.88 Å². The minimum Gasteiger partial charge on any atom is -0.355 e. The first kappa shape index (κ1) is 15.6. The zero-order valence-electron chi connectivity index (χ0n) is 12.8. The second kappa shape index (κ2) is 6.89. The summed E-state index contributed by atoms with van der Waals surface area (Å²) in [5, 5.41) is 7.77. The van der Waals surface area contributed by atoms with Crippen LogP contribution in [0.1, 0.15) is 16.1 Å². The van der Waals surface area contributed by atoms with Crippen molar-refractivity contribution in [2.24, 2.45) is 0 Å². The molecule has 1 N–H and O–H groups in total. The summed E-state index contributed by atoms with van der Waals surface area (Å²) in [7, 11) is 3.56. The topological polar surface area (TPSA) is 58.1 Å². The molecule has 1 amide bonds. The van der Waals surface area contributed by atoms with Crippen LogP contribution in [0.25, 0.3) is 9.88 Å². The monoisotopic (exact) mass is 344 g/mol. The Bertz CT molecular complexity index is 798. The maximum absolute atomic E-state index is 11.7. The van der Waals surface area contributed by atoms with Crippen LogP contribution in [0.4, 0.5) is 5.82 Å². The van der Waals surface area contributed by atoms with Crippen LogP contribution in [0, 0.1) is 0 Å². The molecule has 0 aliphatic heterocycles. The number of anilines is 1. The molecule has 118 valence electrons. The van der Waals surface area contributed by atoms with Gasteiger partial charge in [0.2, 0.25) is 0 Å². The molecule has 3 aromatic heterocycles. The van der Waals surface area contributed by atoms with E-state index in [-0.39, 0.29) is 5.91 Å². The predicted octanol–water partition coefficient (Wildman–Crippen LogP) is 3.26. The number of pyridine rings is 1. The van der Waals surface area contributed by atoms with Gasteiger partial charge in [-0.25, -0.2) is 9.97 Å². The molecule has 3 heterocycles. The van der Waals surface area contributed by atoms with Crippen molar-refractivity contribution in [2.75, 3.05) is 19.0 Å². The van der Waals surface area contributed by atoms with Gasteiger partial charge in [0.15, 0.2) is 0 Å². The van der Waals surface area contributed by atoms with Gasteiger partial charge in [-0.1, -0.05) is 6.07 Å². The van der Waals surface area contributed by atoms with Gasteiger partial charge >= 0.3 is 0 Å². The lowest BCUT2D eigenvalue weighted by Crippen LogP contribution is -2.21. The third-order valence-electron chi connectivity index (χ3n) is 3.31. The van der Waals surface area contributed by atoms with Crippen molar-refractivity contribution >= 4 is 34.4 Å². The summed E-state index contributed by atoms with van der Waals surface area (Å²) in [6, 6.07) is 7.59. The van der Waals surface area contributed by atoms with Crippen LogP contribution in [0.5, 0.6) is 0 Å². The van der Waals surface area contributed by atoms with E-state index in [1.54, 1.807) is 48.1 Å². The highest BCUT2D eigenvalue weighted by atomic mass is 32.1. The normalized spacial score (nSPS) is 10.5. The van der Waals surface area contributed by atoms with E-state index in [4.69, 9.17) is 0 Å². The summed E-state index contributed by atoms with van der Waals surface area (Å²) in [5.74, 6) is 0.632. The van der Waals surface area contributed by atoms with Crippen molar-refractivity contribution in [2.45, 2.75) is 6.54 Å². The minimum absolute atomic E-state index is 0.115. The first-order valence-corrected chi connectivity index (χ1v) is 8.81. The van der Waals surface area contributed by atoms with Crippen LogP contribution >= 0.6 is 22.7 Å². The average Bonchev–Trinajstić information content (AvgIpc) is 3.25. The fourth-order valence-corrected chi connectivity index (χ4v) is 3.75. The first-order chi connectivity index (χ1) is 11.2. The second-order valence-corrected chi connectivity index (χ2v) is 6.76. The molecular weight excluding hydrogens is 328 g/mol. The van der Waals surface area contributed by atoms with Crippen LogP contribution in [0.3, 0.4) is 0 Å². The Hall–Kier alpha value is -2.25. The summed E-state index contributed by atoms with van der Waals surface area (Å²) in [6.45, 7) is 0.645. The number of nitrogens with zero attached hydrogens (tertiary/aromatic N) is 3. The highest BCUT2D eigenvalue weighted by Crippen LogP contribution is 2.28. The molecule has 3 aromatic rings. The molecule has 7 heteroatoms. The minimum atomic E-state index is -0.115. The predicted molar refractivity (Wildman–Crippen MR) is 95.2 cm³/mol. The Balaban J connectivity index is 1.74. The van der Waals surface area contributed by atoms with Crippen LogP contribution in [-0.4, -0.2) is 30.0 Å². The van der Waals surface area contributed by atoms with Gasteiger partial charge in [0.1, 0.15) is 10.8 Å². The van der Waals surface area contributed by atoms with Crippen molar-refractivity contribution < 1.29 is 4.79 Å². The maximum Gasteiger partial charge on any atom is 0.251 e. The van der Waals surface area contributed by atoms with Gasteiger partial charge in [-0.15, -0.1) is 22.7 Å². The van der Waals surface area contributed by atoms with Gasteiger partial charge in [-0.3, -0.25) is 4.79 Å². The number of hydrogen-bond acceptors (Lipinski definition) is 6. The van der Waals surface area contributed by atoms with Gasteiger partial charge < -0.3 is 10.2 Å². The SMILES string of the molecule is CNC(=O)c1ccnc(N(C)Cc2csc(-c3cccs3)n2)c1. The molecule has 0 aliphatic rings. The number of carbonyl (C=O) groups is 1. The number of nitrogens with one attached hydrogen (secondary N) is 1. The summed E-state index contributed by atoms with van der Waals surface area (Å²) in [6.07, 6.45) is 1.65. The summed E-state index contributed by atoms with van der Waals surface area (Å²) >= 11 is 3.33. The number of aromatic nitrogens is 2. The molecule has 0 radical (unpaired) electrons. The highest BCUT2D eigenvalue weighted by Gasteiger charge is 2.11. The maximum atomic E-state index is 11.7. The summed E-state index contributed by atoms with van der Waals surface area (Å²) < 4.78 is 0. The van der Waals surface area contributed by atoms with E-state index in [1.807, 2.05) is 18.0 Å². The summed E-state index contributed by atoms with van der Waals surface area (Å²) in [4.78, 5) is 23.9. The molecule has 0 saturated carbocycles. The van der Waals surface area contributed by atoms with E-state index in [0.29, 0.717) is 12.1 Å². The average molecular weight is 344 g/mol. The molecule has 0 aromatic carbocycles. The number of rotatable bonds is 5. The van der Waals surface area contributed by atoms with Crippen molar-refractivity contribution in [3.8, 4) is 9.88 Å². The fourth-order valence-electron chi connectivity index (χ4n) is 2.13. The third-order valence-corrected chi connectivity index (χ3v) is 5.24. The Morgan fingerprint density at radius 2 is 2.22 bits per heavy atom. The lowest BCUT2D eigenvalue weighted by atomic mass is 10.2. The van der Waals surface area contributed by atoms with Crippen molar-refractivity contribution in [3.05, 3.63) is 52.5 Å². The van der Waals surface area contributed by atoms with Crippen LogP contribution < -0.4 is 10.2 Å². The number of thiophene rings is 1. The summed E-state index contributed by atoms with van der Waals surface area (Å²) in [5.41, 5.74) is 1.59. The van der Waals surface area contributed by atoms with Crippen molar-refractivity contribution in [1.29, 1.82) is 0 Å². The van der Waals surface area contributed by atoms with E-state index in [0.717, 1.165) is 16.5 Å². The van der Waals surface area contributed by atoms with Gasteiger partial charge in [0.05, 0.1) is 17.1 Å². The van der Waals surface area contributed by atoms with Gasteiger partial charge in [0, 0.05) is 31.2 Å². The first-order valence-electron chi connectivity index (χ1n) is 7.05. The lowest BCUT2D eigenvalue weighted by Gasteiger charge is -2.17. The number of hydrogen-bond donors (Lipinski definition) is 1. The van der Waals surface area contributed by atoms with E-state index in [9.17, 15) is 4.79 Å². The Morgan fingerprint density at radius 1 is 1.35 bits per heavy atom. The quantitative estimate of drug-likeness (QED) is 0.772. The van der Waals surface area contributed by atoms with Crippen LogP contribution in [0.15, 0.2) is 41.2 Å². The molecule has 0 bridgehead atoms. The second-order valence-electron chi connectivity index (χ2n) is 4.96. The largest absolute Gasteiger partial charge is 0.355 e. The van der Waals surface area contributed by atoms with E-state index < -0.39 is 0 Å². The Labute approximate surface area is 142 Å². The van der Waals surface area contributed by atoms with Crippen molar-refractivity contribution in [3.63, 3.8) is 0 Å². The Kier molecular flexibility index (Phi) is 4.68. The highest BCUT2D eigenvalue weighted by molar-refractivity contribution is 7.20. The van der Waals surface area contributed by atoms with E-state index in [2.05, 4.69) is 32.1 Å². The smallest absolute Gasteiger partial charge is 0.251 e. The zero-order valence-corrected chi connectivity index (χ0v) is 14.4. The van der Waals surface area contributed by atoms with Gasteiger partial charge in [-0.05, 0) is 23.6 Å². The third kappa shape index (κ3) is 3.57. The van der Waals surface area contributed by atoms with Gasteiger partial charge in [0.25, 0.3) is 5.91 Å². The van der Waals surface area contributed by atoms with E-state index >= 15 is 0 Å². The standard InChI is InChI=1S/C16H16N4OS2/c1-17-15(21)11-5-6-18-14(8-11)20(2)9-12-10-23-16(19-12)13-4-3-7-22-13/h3-8,10H,9H2,1-2H3,(H,17,21). The number of amides is 1.